The maximum atomic E-state index is 10.0. The van der Waals surface area contributed by atoms with E-state index in [0.717, 1.165) is 21.3 Å². The Bertz CT molecular complexity index is 321. The lowest BCUT2D eigenvalue weighted by atomic mass is 9.98. The molecule has 1 saturated carbocycles. The van der Waals surface area contributed by atoms with Crippen LogP contribution in [-0.2, 0) is 4.74 Å². The molecule has 1 aliphatic carbocycles. The van der Waals surface area contributed by atoms with Crippen molar-refractivity contribution in [2.75, 3.05) is 6.61 Å². The Kier molecular flexibility index (Phi) is 5.06. The van der Waals surface area contributed by atoms with Gasteiger partial charge in [-0.3, -0.25) is 0 Å². The minimum Gasteiger partial charge on any atom is -0.385 e. The van der Waals surface area contributed by atoms with Crippen molar-refractivity contribution in [1.82, 2.24) is 0 Å². The van der Waals surface area contributed by atoms with Crippen LogP contribution in [0.25, 0.3) is 0 Å². The molecule has 0 bridgehead atoms. The monoisotopic (exact) mass is 352 g/mol. The lowest BCUT2D eigenvalue weighted by molar-refractivity contribution is -0.0237. The van der Waals surface area contributed by atoms with E-state index in [-0.39, 0.29) is 0 Å². The molecule has 1 aromatic heterocycles. The highest BCUT2D eigenvalue weighted by molar-refractivity contribution is 14.1. The SMILES string of the molecule is OC(COC1CCCCC1)c1sccc1I. The molecule has 0 aliphatic heterocycles. The van der Waals surface area contributed by atoms with Crippen LogP contribution in [-0.4, -0.2) is 17.8 Å². The number of aliphatic hydroxyl groups is 1. The van der Waals surface area contributed by atoms with Crippen molar-refractivity contribution in [3.63, 3.8) is 0 Å². The average Bonchev–Trinajstić information content (AvgIpc) is 2.74. The van der Waals surface area contributed by atoms with Crippen LogP contribution in [0.5, 0.6) is 0 Å². The second kappa shape index (κ2) is 6.33. The van der Waals surface area contributed by atoms with E-state index in [4.69, 9.17) is 4.74 Å². The molecule has 1 atom stereocenters. The topological polar surface area (TPSA) is 29.5 Å². The molecule has 16 heavy (non-hydrogen) atoms. The van der Waals surface area contributed by atoms with Gasteiger partial charge in [0.2, 0.25) is 0 Å². The van der Waals surface area contributed by atoms with Gasteiger partial charge in [0, 0.05) is 8.45 Å². The van der Waals surface area contributed by atoms with Crippen LogP contribution in [0.4, 0.5) is 0 Å². The number of hydrogen-bond acceptors (Lipinski definition) is 3. The van der Waals surface area contributed by atoms with Crippen LogP contribution < -0.4 is 0 Å². The van der Waals surface area contributed by atoms with E-state index >= 15 is 0 Å². The van der Waals surface area contributed by atoms with E-state index < -0.39 is 6.10 Å². The third-order valence-corrected chi connectivity index (χ3v) is 5.31. The molecule has 1 aromatic rings. The Morgan fingerprint density at radius 3 is 2.81 bits per heavy atom. The van der Waals surface area contributed by atoms with Gasteiger partial charge in [0.05, 0.1) is 12.7 Å². The number of halogens is 1. The maximum Gasteiger partial charge on any atom is 0.112 e. The molecule has 0 amide bonds. The van der Waals surface area contributed by atoms with Gasteiger partial charge in [0.1, 0.15) is 6.10 Å². The number of thiophene rings is 1. The zero-order chi connectivity index (χ0) is 11.4. The molecular weight excluding hydrogens is 335 g/mol. The van der Waals surface area contributed by atoms with Crippen molar-refractivity contribution in [2.45, 2.75) is 44.3 Å². The van der Waals surface area contributed by atoms with E-state index in [0.29, 0.717) is 12.7 Å². The van der Waals surface area contributed by atoms with E-state index in [9.17, 15) is 5.11 Å². The minimum atomic E-state index is -0.450. The highest BCUT2D eigenvalue weighted by atomic mass is 127. The smallest absolute Gasteiger partial charge is 0.112 e. The highest BCUT2D eigenvalue weighted by Crippen LogP contribution is 2.27. The zero-order valence-corrected chi connectivity index (χ0v) is 12.2. The Balaban J connectivity index is 1.79. The summed E-state index contributed by atoms with van der Waals surface area (Å²) in [7, 11) is 0. The fourth-order valence-electron chi connectivity index (χ4n) is 2.08. The summed E-state index contributed by atoms with van der Waals surface area (Å²) in [4.78, 5) is 1.04. The van der Waals surface area contributed by atoms with E-state index in [2.05, 4.69) is 22.6 Å². The first kappa shape index (κ1) is 12.8. The summed E-state index contributed by atoms with van der Waals surface area (Å²) in [5, 5.41) is 12.0. The summed E-state index contributed by atoms with van der Waals surface area (Å²) in [5.74, 6) is 0. The van der Waals surface area contributed by atoms with Gasteiger partial charge in [-0.1, -0.05) is 19.3 Å². The van der Waals surface area contributed by atoms with Crippen LogP contribution in [0.2, 0.25) is 0 Å². The molecule has 1 unspecified atom stereocenters. The molecule has 0 radical (unpaired) electrons. The predicted octanol–water partition coefficient (Wildman–Crippen LogP) is 3.74. The van der Waals surface area contributed by atoms with Gasteiger partial charge in [-0.25, -0.2) is 0 Å². The fraction of sp³-hybridized carbons (Fsp3) is 0.667. The quantitative estimate of drug-likeness (QED) is 0.837. The summed E-state index contributed by atoms with van der Waals surface area (Å²) in [6.45, 7) is 0.446. The standard InChI is InChI=1S/C12H17IO2S/c13-10-6-7-16-12(10)11(14)8-15-9-4-2-1-3-5-9/h6-7,9,11,14H,1-5,8H2. The lowest BCUT2D eigenvalue weighted by Gasteiger charge is -2.23. The van der Waals surface area contributed by atoms with Gasteiger partial charge in [0.25, 0.3) is 0 Å². The normalized spacial score (nSPS) is 19.9. The third-order valence-electron chi connectivity index (χ3n) is 2.99. The molecule has 0 spiro atoms. The zero-order valence-electron chi connectivity index (χ0n) is 9.19. The molecule has 0 aromatic carbocycles. The van der Waals surface area contributed by atoms with Gasteiger partial charge < -0.3 is 9.84 Å². The Hall–Kier alpha value is 0.350. The van der Waals surface area contributed by atoms with Gasteiger partial charge in [-0.15, -0.1) is 11.3 Å². The van der Waals surface area contributed by atoms with Crippen molar-refractivity contribution in [3.05, 3.63) is 19.9 Å². The second-order valence-electron chi connectivity index (χ2n) is 4.24. The fourth-order valence-corrected chi connectivity index (χ4v) is 4.00. The average molecular weight is 352 g/mol. The molecule has 2 rings (SSSR count). The summed E-state index contributed by atoms with van der Waals surface area (Å²) >= 11 is 3.87. The number of ether oxygens (including phenoxy) is 1. The Morgan fingerprint density at radius 2 is 2.19 bits per heavy atom. The number of rotatable bonds is 4. The molecule has 90 valence electrons. The van der Waals surface area contributed by atoms with Gasteiger partial charge in [-0.2, -0.15) is 0 Å². The predicted molar refractivity (Wildman–Crippen MR) is 74.8 cm³/mol. The molecule has 0 saturated heterocycles. The summed E-state index contributed by atoms with van der Waals surface area (Å²) < 4.78 is 6.92. The van der Waals surface area contributed by atoms with E-state index in [1.165, 1.54) is 19.3 Å². The molecule has 1 N–H and O–H groups in total. The van der Waals surface area contributed by atoms with Crippen LogP contribution in [0.15, 0.2) is 11.4 Å². The third kappa shape index (κ3) is 3.42. The summed E-state index contributed by atoms with van der Waals surface area (Å²) in [6, 6.07) is 2.03. The second-order valence-corrected chi connectivity index (χ2v) is 6.35. The van der Waals surface area contributed by atoms with Crippen LogP contribution in [0.1, 0.15) is 43.1 Å². The van der Waals surface area contributed by atoms with E-state index in [1.54, 1.807) is 11.3 Å². The molecule has 4 heteroatoms. The molecule has 2 nitrogen and oxygen atoms in total. The first-order valence-corrected chi connectivity index (χ1v) is 7.76. The molecular formula is C12H17IO2S. The van der Waals surface area contributed by atoms with Crippen molar-refractivity contribution in [3.8, 4) is 0 Å². The van der Waals surface area contributed by atoms with Crippen LogP contribution in [0, 0.1) is 3.57 Å². The Labute approximate surface area is 114 Å². The molecule has 1 fully saturated rings. The highest BCUT2D eigenvalue weighted by Gasteiger charge is 2.18. The summed E-state index contributed by atoms with van der Waals surface area (Å²) in [5.41, 5.74) is 0. The summed E-state index contributed by atoms with van der Waals surface area (Å²) in [6.07, 6.45) is 6.14. The first-order valence-electron chi connectivity index (χ1n) is 5.80. The molecule has 1 aliphatic rings. The Morgan fingerprint density at radius 1 is 1.44 bits per heavy atom. The van der Waals surface area contributed by atoms with Gasteiger partial charge in [-0.05, 0) is 46.9 Å². The number of aliphatic hydroxyl groups excluding tert-OH is 1. The lowest BCUT2D eigenvalue weighted by Crippen LogP contribution is -2.20. The molecule has 1 heterocycles. The minimum absolute atomic E-state index is 0.376. The van der Waals surface area contributed by atoms with Crippen molar-refractivity contribution < 1.29 is 9.84 Å². The first-order chi connectivity index (χ1) is 7.77. The van der Waals surface area contributed by atoms with E-state index in [1.807, 2.05) is 11.4 Å². The largest absolute Gasteiger partial charge is 0.385 e. The van der Waals surface area contributed by atoms with Gasteiger partial charge >= 0.3 is 0 Å². The van der Waals surface area contributed by atoms with Crippen molar-refractivity contribution >= 4 is 33.9 Å². The number of hydrogen-bond donors (Lipinski definition) is 1. The van der Waals surface area contributed by atoms with Gasteiger partial charge in [0.15, 0.2) is 0 Å². The van der Waals surface area contributed by atoms with Crippen LogP contribution in [0.3, 0.4) is 0 Å². The maximum absolute atomic E-state index is 10.0. The van der Waals surface area contributed by atoms with Crippen LogP contribution >= 0.6 is 33.9 Å². The van der Waals surface area contributed by atoms with Crippen molar-refractivity contribution in [2.24, 2.45) is 0 Å². The van der Waals surface area contributed by atoms with Crippen molar-refractivity contribution in [1.29, 1.82) is 0 Å².